The number of pyridine rings is 1. The van der Waals surface area contributed by atoms with Gasteiger partial charge in [-0.2, -0.15) is 0 Å². The van der Waals surface area contributed by atoms with Crippen molar-refractivity contribution in [3.63, 3.8) is 0 Å². The first-order valence-electron chi connectivity index (χ1n) is 10.5. The molecule has 1 aromatic heterocycles. The number of methoxy groups -OCH3 is 1. The van der Waals surface area contributed by atoms with E-state index in [4.69, 9.17) is 4.74 Å². The lowest BCUT2D eigenvalue weighted by atomic mass is 10.00. The summed E-state index contributed by atoms with van der Waals surface area (Å²) in [5.74, 6) is 0.690. The monoisotopic (exact) mass is 386 g/mol. The number of nitrogens with zero attached hydrogens (tertiary/aromatic N) is 2. The molecule has 1 aromatic rings. The molecule has 3 heterocycles. The number of aromatic nitrogens is 1. The standard InChI is InChI=1S/C21H30N4O3/c1-28-20-15(12-23-19(26)14-5-4-9-22-10-8-14)11-17-18(24-20)13-25(21(17)27)16-6-2-3-7-16/h11,14,16,22H,2-10,12-13H2,1H3,(H,23,26). The Morgan fingerprint density at radius 3 is 2.86 bits per heavy atom. The molecule has 0 aromatic carbocycles. The molecule has 7 heteroatoms. The predicted molar refractivity (Wildman–Crippen MR) is 105 cm³/mol. The van der Waals surface area contributed by atoms with E-state index in [2.05, 4.69) is 15.6 Å². The van der Waals surface area contributed by atoms with E-state index in [0.717, 1.165) is 56.5 Å². The van der Waals surface area contributed by atoms with Gasteiger partial charge in [-0.1, -0.05) is 12.8 Å². The van der Waals surface area contributed by atoms with Gasteiger partial charge in [0, 0.05) is 24.1 Å². The summed E-state index contributed by atoms with van der Waals surface area (Å²) >= 11 is 0. The van der Waals surface area contributed by atoms with Crippen LogP contribution in [0.15, 0.2) is 6.07 Å². The van der Waals surface area contributed by atoms with E-state index in [1.54, 1.807) is 7.11 Å². The molecule has 1 unspecified atom stereocenters. The highest BCUT2D eigenvalue weighted by Crippen LogP contribution is 2.33. The predicted octanol–water partition coefficient (Wildman–Crippen LogP) is 1.99. The van der Waals surface area contributed by atoms with Gasteiger partial charge in [-0.25, -0.2) is 4.98 Å². The zero-order chi connectivity index (χ0) is 19.5. The molecule has 0 radical (unpaired) electrons. The zero-order valence-corrected chi connectivity index (χ0v) is 16.6. The van der Waals surface area contributed by atoms with Gasteiger partial charge < -0.3 is 20.3 Å². The molecule has 1 saturated heterocycles. The fourth-order valence-corrected chi connectivity index (χ4v) is 4.69. The second kappa shape index (κ2) is 8.47. The number of carbonyl (C=O) groups excluding carboxylic acids is 2. The molecule has 1 saturated carbocycles. The summed E-state index contributed by atoms with van der Waals surface area (Å²) in [6, 6.07) is 2.20. The van der Waals surface area contributed by atoms with Crippen molar-refractivity contribution in [3.05, 3.63) is 22.9 Å². The quantitative estimate of drug-likeness (QED) is 0.809. The third-order valence-corrected chi connectivity index (χ3v) is 6.31. The van der Waals surface area contributed by atoms with Gasteiger partial charge in [0.25, 0.3) is 5.91 Å². The van der Waals surface area contributed by atoms with Crippen molar-refractivity contribution in [3.8, 4) is 5.88 Å². The fraction of sp³-hybridized carbons (Fsp3) is 0.667. The maximum absolute atomic E-state index is 12.9. The molecule has 7 nitrogen and oxygen atoms in total. The molecule has 1 aliphatic carbocycles. The summed E-state index contributed by atoms with van der Waals surface area (Å²) in [4.78, 5) is 32.0. The van der Waals surface area contributed by atoms with Gasteiger partial charge in [-0.3, -0.25) is 9.59 Å². The summed E-state index contributed by atoms with van der Waals surface area (Å²) in [5.41, 5.74) is 2.22. The smallest absolute Gasteiger partial charge is 0.256 e. The van der Waals surface area contributed by atoms with Gasteiger partial charge in [0.2, 0.25) is 11.8 Å². The van der Waals surface area contributed by atoms with Crippen molar-refractivity contribution in [2.45, 2.75) is 64.1 Å². The minimum absolute atomic E-state index is 0.0443. The topological polar surface area (TPSA) is 83.6 Å². The van der Waals surface area contributed by atoms with Crippen LogP contribution in [0, 0.1) is 5.92 Å². The van der Waals surface area contributed by atoms with E-state index in [0.29, 0.717) is 30.6 Å². The van der Waals surface area contributed by atoms with Gasteiger partial charge in [0.15, 0.2) is 0 Å². The lowest BCUT2D eigenvalue weighted by Crippen LogP contribution is -2.33. The molecule has 3 aliphatic rings. The van der Waals surface area contributed by atoms with E-state index >= 15 is 0 Å². The Labute approximate surface area is 166 Å². The van der Waals surface area contributed by atoms with E-state index < -0.39 is 0 Å². The van der Waals surface area contributed by atoms with Crippen molar-refractivity contribution >= 4 is 11.8 Å². The number of amides is 2. The Morgan fingerprint density at radius 1 is 1.25 bits per heavy atom. The largest absolute Gasteiger partial charge is 0.481 e. The molecule has 0 spiro atoms. The molecule has 2 amide bonds. The summed E-state index contributed by atoms with van der Waals surface area (Å²) in [7, 11) is 1.59. The van der Waals surface area contributed by atoms with Gasteiger partial charge in [-0.05, 0) is 51.3 Å². The van der Waals surface area contributed by atoms with E-state index in [-0.39, 0.29) is 17.7 Å². The molecule has 152 valence electrons. The number of ether oxygens (including phenoxy) is 1. The van der Waals surface area contributed by atoms with Gasteiger partial charge >= 0.3 is 0 Å². The van der Waals surface area contributed by atoms with E-state index in [1.165, 1.54) is 12.8 Å². The maximum atomic E-state index is 12.9. The van der Waals surface area contributed by atoms with E-state index in [1.807, 2.05) is 11.0 Å². The lowest BCUT2D eigenvalue weighted by Gasteiger charge is -2.22. The Hall–Kier alpha value is -2.15. The maximum Gasteiger partial charge on any atom is 0.256 e. The van der Waals surface area contributed by atoms with Crippen LogP contribution in [-0.2, 0) is 17.9 Å². The van der Waals surface area contributed by atoms with Crippen LogP contribution in [0.1, 0.15) is 66.6 Å². The third kappa shape index (κ3) is 3.85. The second-order valence-corrected chi connectivity index (χ2v) is 8.12. The zero-order valence-electron chi connectivity index (χ0n) is 16.6. The summed E-state index contributed by atoms with van der Waals surface area (Å²) < 4.78 is 5.46. The Balaban J connectivity index is 1.46. The van der Waals surface area contributed by atoms with Crippen LogP contribution in [0.25, 0.3) is 0 Å². The normalized spacial score (nSPS) is 22.8. The highest BCUT2D eigenvalue weighted by molar-refractivity contribution is 5.98. The fourth-order valence-electron chi connectivity index (χ4n) is 4.69. The van der Waals surface area contributed by atoms with Gasteiger partial charge in [0.1, 0.15) is 0 Å². The van der Waals surface area contributed by atoms with Crippen molar-refractivity contribution in [1.82, 2.24) is 20.5 Å². The SMILES string of the molecule is COc1nc2c(cc1CNC(=O)C1CCCNCC1)C(=O)N(C1CCCC1)C2. The molecule has 2 aliphatic heterocycles. The van der Waals surface area contributed by atoms with Crippen LogP contribution in [0.5, 0.6) is 5.88 Å². The van der Waals surface area contributed by atoms with Crippen LogP contribution in [0.3, 0.4) is 0 Å². The Kier molecular flexibility index (Phi) is 5.80. The Bertz CT molecular complexity index is 737. The first kappa shape index (κ1) is 19.2. The minimum Gasteiger partial charge on any atom is -0.481 e. The van der Waals surface area contributed by atoms with Gasteiger partial charge in [-0.15, -0.1) is 0 Å². The van der Waals surface area contributed by atoms with Crippen LogP contribution in [0.4, 0.5) is 0 Å². The van der Waals surface area contributed by atoms with Crippen LogP contribution in [0.2, 0.25) is 0 Å². The highest BCUT2D eigenvalue weighted by Gasteiger charge is 2.36. The number of fused-ring (bicyclic) bond motifs is 1. The highest BCUT2D eigenvalue weighted by atomic mass is 16.5. The first-order valence-corrected chi connectivity index (χ1v) is 10.5. The lowest BCUT2D eigenvalue weighted by molar-refractivity contribution is -0.125. The molecule has 28 heavy (non-hydrogen) atoms. The minimum atomic E-state index is 0.0443. The van der Waals surface area contributed by atoms with Gasteiger partial charge in [0.05, 0.1) is 24.9 Å². The van der Waals surface area contributed by atoms with Crippen LogP contribution < -0.4 is 15.4 Å². The molecular formula is C21H30N4O3. The molecular weight excluding hydrogens is 356 g/mol. The third-order valence-electron chi connectivity index (χ3n) is 6.31. The second-order valence-electron chi connectivity index (χ2n) is 8.12. The molecule has 4 rings (SSSR count). The summed E-state index contributed by atoms with van der Waals surface area (Å²) in [6.45, 7) is 2.76. The molecule has 2 N–H and O–H groups in total. The van der Waals surface area contributed by atoms with Crippen LogP contribution in [-0.4, -0.2) is 47.9 Å². The molecule has 1 atom stereocenters. The number of nitrogens with one attached hydrogen (secondary N) is 2. The molecule has 0 bridgehead atoms. The summed E-state index contributed by atoms with van der Waals surface area (Å²) in [5, 5.41) is 6.36. The number of hydrogen-bond acceptors (Lipinski definition) is 5. The van der Waals surface area contributed by atoms with Crippen molar-refractivity contribution in [2.24, 2.45) is 5.92 Å². The first-order chi connectivity index (χ1) is 13.7. The average molecular weight is 386 g/mol. The number of rotatable bonds is 5. The Morgan fingerprint density at radius 2 is 2.07 bits per heavy atom. The number of hydrogen-bond donors (Lipinski definition) is 2. The number of carbonyl (C=O) groups is 2. The average Bonchev–Trinajstić information content (AvgIpc) is 3.25. The van der Waals surface area contributed by atoms with E-state index in [9.17, 15) is 9.59 Å². The van der Waals surface area contributed by atoms with Crippen molar-refractivity contribution < 1.29 is 14.3 Å². The molecule has 2 fully saturated rings. The van der Waals surface area contributed by atoms with Crippen molar-refractivity contribution in [2.75, 3.05) is 20.2 Å². The van der Waals surface area contributed by atoms with Crippen molar-refractivity contribution in [1.29, 1.82) is 0 Å². The van der Waals surface area contributed by atoms with Crippen LogP contribution >= 0.6 is 0 Å². The summed E-state index contributed by atoms with van der Waals surface area (Å²) in [6.07, 6.45) is 7.33.